The van der Waals surface area contributed by atoms with Crippen molar-refractivity contribution in [2.24, 2.45) is 5.92 Å². The molecule has 2 amide bonds. The highest BCUT2D eigenvalue weighted by Crippen LogP contribution is 2.33. The summed E-state index contributed by atoms with van der Waals surface area (Å²) >= 11 is 6.68. The van der Waals surface area contributed by atoms with E-state index in [2.05, 4.69) is 20.7 Å². The summed E-state index contributed by atoms with van der Waals surface area (Å²) in [5.41, 5.74) is 1.14. The van der Waals surface area contributed by atoms with E-state index in [-0.39, 0.29) is 16.9 Å². The van der Waals surface area contributed by atoms with Gasteiger partial charge in [-0.05, 0) is 42.5 Å². The third-order valence-corrected chi connectivity index (χ3v) is 4.60. The smallest absolute Gasteiger partial charge is 0.413 e. The van der Waals surface area contributed by atoms with Gasteiger partial charge in [0.1, 0.15) is 0 Å². The lowest BCUT2D eigenvalue weighted by molar-refractivity contribution is -0.118. The number of hydrogen-bond donors (Lipinski definition) is 3. The molecule has 0 saturated heterocycles. The minimum atomic E-state index is -0.670. The van der Waals surface area contributed by atoms with Gasteiger partial charge in [0, 0.05) is 15.7 Å². The van der Waals surface area contributed by atoms with E-state index in [1.165, 1.54) is 7.11 Å². The van der Waals surface area contributed by atoms with Crippen LogP contribution < -0.4 is 16.0 Å². The molecule has 0 spiro atoms. The van der Waals surface area contributed by atoms with Crippen LogP contribution >= 0.6 is 24.0 Å². The quantitative estimate of drug-likeness (QED) is 0.639. The summed E-state index contributed by atoms with van der Waals surface area (Å²) in [7, 11) is 1.25. The van der Waals surface area contributed by atoms with Crippen LogP contribution in [0, 0.1) is 5.92 Å². The number of rotatable bonds is 5. The number of carbonyl (C=O) groups is 2. The normalized spacial score (nSPS) is 10.2. The number of hydrogen-bond acceptors (Lipinski definition) is 5. The molecule has 0 radical (unpaired) electrons. The SMILES string of the molecule is COC(=O)NC(=S)Nc1ccc(Sc2ccccc2)cc1NC(=O)C(C)C. The Labute approximate surface area is 168 Å². The second-order valence-electron chi connectivity index (χ2n) is 5.84. The largest absolute Gasteiger partial charge is 0.453 e. The maximum Gasteiger partial charge on any atom is 0.413 e. The molecular weight excluding hydrogens is 382 g/mol. The molecule has 0 aliphatic heterocycles. The molecule has 0 aromatic heterocycles. The molecule has 0 fully saturated rings. The summed E-state index contributed by atoms with van der Waals surface area (Å²) in [5.74, 6) is -0.296. The number of ether oxygens (including phenoxy) is 1. The number of nitrogens with one attached hydrogen (secondary N) is 3. The van der Waals surface area contributed by atoms with E-state index in [4.69, 9.17) is 12.2 Å². The molecular formula is C19H21N3O3S2. The number of anilines is 2. The van der Waals surface area contributed by atoms with Gasteiger partial charge in [0.2, 0.25) is 5.91 Å². The van der Waals surface area contributed by atoms with Crippen molar-refractivity contribution in [1.82, 2.24) is 5.32 Å². The van der Waals surface area contributed by atoms with Crippen molar-refractivity contribution in [3.8, 4) is 0 Å². The molecule has 27 heavy (non-hydrogen) atoms. The van der Waals surface area contributed by atoms with Crippen LogP contribution in [0.3, 0.4) is 0 Å². The van der Waals surface area contributed by atoms with E-state index < -0.39 is 6.09 Å². The van der Waals surface area contributed by atoms with Crippen LogP contribution in [0.5, 0.6) is 0 Å². The summed E-state index contributed by atoms with van der Waals surface area (Å²) in [6.45, 7) is 3.63. The Bertz CT molecular complexity index is 826. The molecule has 0 unspecified atom stereocenters. The van der Waals surface area contributed by atoms with Crippen LogP contribution in [-0.2, 0) is 9.53 Å². The van der Waals surface area contributed by atoms with Gasteiger partial charge in [-0.2, -0.15) is 0 Å². The van der Waals surface area contributed by atoms with Crippen LogP contribution in [0.25, 0.3) is 0 Å². The molecule has 0 atom stereocenters. The minimum absolute atomic E-state index is 0.0744. The Hall–Kier alpha value is -2.58. The van der Waals surface area contributed by atoms with Crippen molar-refractivity contribution in [2.45, 2.75) is 23.6 Å². The fourth-order valence-electron chi connectivity index (χ4n) is 2.00. The molecule has 0 aliphatic rings. The molecule has 2 aromatic carbocycles. The van der Waals surface area contributed by atoms with Gasteiger partial charge >= 0.3 is 6.09 Å². The summed E-state index contributed by atoms with van der Waals surface area (Å²) in [6, 6.07) is 15.5. The lowest BCUT2D eigenvalue weighted by atomic mass is 10.2. The van der Waals surface area contributed by atoms with Gasteiger partial charge in [-0.3, -0.25) is 10.1 Å². The Morgan fingerprint density at radius 1 is 1.00 bits per heavy atom. The van der Waals surface area contributed by atoms with Gasteiger partial charge in [-0.25, -0.2) is 4.79 Å². The van der Waals surface area contributed by atoms with Crippen LogP contribution in [-0.4, -0.2) is 24.2 Å². The number of amides is 2. The Kier molecular flexibility index (Phi) is 7.63. The average Bonchev–Trinajstić information content (AvgIpc) is 2.64. The molecule has 0 aliphatic carbocycles. The zero-order valence-corrected chi connectivity index (χ0v) is 16.9. The van der Waals surface area contributed by atoms with Gasteiger partial charge < -0.3 is 15.4 Å². The highest BCUT2D eigenvalue weighted by atomic mass is 32.2. The number of carbonyl (C=O) groups excluding carboxylic acids is 2. The first-order valence-electron chi connectivity index (χ1n) is 8.23. The van der Waals surface area contributed by atoms with E-state index in [0.717, 1.165) is 9.79 Å². The predicted octanol–water partition coefficient (Wildman–Crippen LogP) is 4.49. The van der Waals surface area contributed by atoms with Gasteiger partial charge in [-0.1, -0.05) is 43.8 Å². The second kappa shape index (κ2) is 9.94. The van der Waals surface area contributed by atoms with E-state index >= 15 is 0 Å². The molecule has 6 nitrogen and oxygen atoms in total. The highest BCUT2D eigenvalue weighted by Gasteiger charge is 2.13. The maximum atomic E-state index is 12.2. The topological polar surface area (TPSA) is 79.5 Å². The van der Waals surface area contributed by atoms with Crippen molar-refractivity contribution in [2.75, 3.05) is 17.7 Å². The van der Waals surface area contributed by atoms with Crippen molar-refractivity contribution in [3.63, 3.8) is 0 Å². The van der Waals surface area contributed by atoms with Crippen LogP contribution in [0.15, 0.2) is 58.3 Å². The summed E-state index contributed by atoms with van der Waals surface area (Å²) in [4.78, 5) is 25.5. The zero-order chi connectivity index (χ0) is 19.8. The molecule has 2 rings (SSSR count). The molecule has 0 saturated carbocycles. The van der Waals surface area contributed by atoms with Gasteiger partial charge in [-0.15, -0.1) is 0 Å². The van der Waals surface area contributed by atoms with Crippen LogP contribution in [0.2, 0.25) is 0 Å². The van der Waals surface area contributed by atoms with Crippen molar-refractivity contribution >= 4 is 52.5 Å². The van der Waals surface area contributed by atoms with E-state index in [1.54, 1.807) is 17.8 Å². The molecule has 0 heterocycles. The van der Waals surface area contributed by atoms with Crippen LogP contribution in [0.1, 0.15) is 13.8 Å². The van der Waals surface area contributed by atoms with Crippen molar-refractivity contribution in [1.29, 1.82) is 0 Å². The third kappa shape index (κ3) is 6.58. The first-order valence-corrected chi connectivity index (χ1v) is 9.45. The maximum absolute atomic E-state index is 12.2. The Balaban J connectivity index is 2.24. The van der Waals surface area contributed by atoms with E-state index in [9.17, 15) is 9.59 Å². The zero-order valence-electron chi connectivity index (χ0n) is 15.2. The number of methoxy groups -OCH3 is 1. The van der Waals surface area contributed by atoms with Crippen LogP contribution in [0.4, 0.5) is 16.2 Å². The van der Waals surface area contributed by atoms with Crippen molar-refractivity contribution < 1.29 is 14.3 Å². The standard InChI is InChI=1S/C19H21N3O3S2/c1-12(2)17(23)20-16-11-14(27-13-7-5-4-6-8-13)9-10-15(16)21-18(26)22-19(24)25-3/h4-12H,1-3H3,(H,20,23)(H2,21,22,24,26). The first kappa shape index (κ1) is 20.7. The fourth-order valence-corrected chi connectivity index (χ4v) is 3.07. The van der Waals surface area contributed by atoms with Gasteiger partial charge in [0.25, 0.3) is 0 Å². The molecule has 0 bridgehead atoms. The average molecular weight is 404 g/mol. The summed E-state index contributed by atoms with van der Waals surface area (Å²) in [6.07, 6.45) is -0.670. The van der Waals surface area contributed by atoms with E-state index in [0.29, 0.717) is 11.4 Å². The number of thiocarbonyl (C=S) groups is 1. The molecule has 8 heteroatoms. The number of benzene rings is 2. The summed E-state index contributed by atoms with van der Waals surface area (Å²) in [5, 5.41) is 8.25. The minimum Gasteiger partial charge on any atom is -0.453 e. The van der Waals surface area contributed by atoms with Gasteiger partial charge in [0.15, 0.2) is 5.11 Å². The third-order valence-electron chi connectivity index (χ3n) is 3.40. The fraction of sp³-hybridized carbons (Fsp3) is 0.211. The van der Waals surface area contributed by atoms with E-state index in [1.807, 2.05) is 56.3 Å². The summed E-state index contributed by atoms with van der Waals surface area (Å²) < 4.78 is 4.52. The predicted molar refractivity (Wildman–Crippen MR) is 112 cm³/mol. The lowest BCUT2D eigenvalue weighted by Gasteiger charge is -2.16. The highest BCUT2D eigenvalue weighted by molar-refractivity contribution is 7.99. The molecule has 3 N–H and O–H groups in total. The van der Waals surface area contributed by atoms with Gasteiger partial charge in [0.05, 0.1) is 18.5 Å². The first-order chi connectivity index (χ1) is 12.9. The second-order valence-corrected chi connectivity index (χ2v) is 7.39. The monoisotopic (exact) mass is 403 g/mol. The van der Waals surface area contributed by atoms with Crippen molar-refractivity contribution in [3.05, 3.63) is 48.5 Å². The molecule has 2 aromatic rings. The Morgan fingerprint density at radius 2 is 1.70 bits per heavy atom. The lowest BCUT2D eigenvalue weighted by Crippen LogP contribution is -2.34. The molecule has 142 valence electrons. The number of alkyl carbamates (subject to hydrolysis) is 1. The Morgan fingerprint density at radius 3 is 2.33 bits per heavy atom.